The summed E-state index contributed by atoms with van der Waals surface area (Å²) in [6.45, 7) is -0.0635. The number of thiocarbonyl (C=S) groups is 1. The fraction of sp³-hybridized carbons (Fsp3) is 0.300. The highest BCUT2D eigenvalue weighted by atomic mass is 32.2. The molecule has 0 bridgehead atoms. The summed E-state index contributed by atoms with van der Waals surface area (Å²) in [5, 5.41) is 2.49. The van der Waals surface area contributed by atoms with Crippen LogP contribution in [-0.4, -0.2) is 32.8 Å². The largest absolute Gasteiger partial charge is 0.389 e. The average Bonchev–Trinajstić information content (AvgIpc) is 2.34. The van der Waals surface area contributed by atoms with Crippen molar-refractivity contribution in [3.63, 3.8) is 0 Å². The maximum Gasteiger partial charge on any atom is 0.213 e. The zero-order chi connectivity index (χ0) is 14.6. The normalized spacial score (nSPS) is 11.3. The number of nitrogens with two attached hydrogens (primary N) is 1. The highest BCUT2D eigenvalue weighted by molar-refractivity contribution is 7.89. The third-order valence-electron chi connectivity index (χ3n) is 2.35. The molecule has 106 valence electrons. The van der Waals surface area contributed by atoms with Gasteiger partial charge in [-0.1, -0.05) is 12.2 Å². The molecule has 0 aliphatic rings. The number of benzene rings is 1. The van der Waals surface area contributed by atoms with Crippen LogP contribution < -0.4 is 15.8 Å². The van der Waals surface area contributed by atoms with Crippen molar-refractivity contribution in [2.24, 2.45) is 5.73 Å². The van der Waals surface area contributed by atoms with E-state index >= 15 is 0 Å². The monoisotopic (exact) mass is 309 g/mol. The average molecular weight is 309 g/mol. The van der Waals surface area contributed by atoms with Gasteiger partial charge in [0.2, 0.25) is 10.0 Å². The van der Waals surface area contributed by atoms with Crippen molar-refractivity contribution in [3.05, 3.63) is 29.3 Å². The molecule has 19 heavy (non-hydrogen) atoms. The summed E-state index contributed by atoms with van der Waals surface area (Å²) in [5.41, 5.74) is 4.88. The van der Waals surface area contributed by atoms with Gasteiger partial charge in [0.1, 0.15) is 4.99 Å². The van der Waals surface area contributed by atoms with Gasteiger partial charge in [-0.3, -0.25) is 0 Å². The Balaban J connectivity index is 2.82. The molecule has 4 N–H and O–H groups in total. The molecule has 5 nitrogen and oxygen atoms in total. The van der Waals surface area contributed by atoms with E-state index in [0.29, 0.717) is 0 Å². The Bertz CT molecular complexity index is 591. The van der Waals surface area contributed by atoms with Gasteiger partial charge >= 0.3 is 0 Å². The van der Waals surface area contributed by atoms with Gasteiger partial charge in [-0.2, -0.15) is 0 Å². The molecular formula is C10H13F2N3O2S2. The third-order valence-corrected chi connectivity index (χ3v) is 3.93. The second-order valence-corrected chi connectivity index (χ2v) is 6.09. The molecule has 0 radical (unpaired) electrons. The molecule has 1 rings (SSSR count). The SMILES string of the molecule is CNS(=O)(=O)CCNc1ccc(C(N)=S)c(F)c1F. The minimum absolute atomic E-state index is 0.0635. The predicted molar refractivity (Wildman–Crippen MR) is 73.6 cm³/mol. The van der Waals surface area contributed by atoms with Crippen molar-refractivity contribution in [1.82, 2.24) is 4.72 Å². The molecule has 0 spiro atoms. The lowest BCUT2D eigenvalue weighted by atomic mass is 10.2. The van der Waals surface area contributed by atoms with Crippen LogP contribution in [-0.2, 0) is 10.0 Å². The Morgan fingerprint density at radius 2 is 2.00 bits per heavy atom. The second kappa shape index (κ2) is 6.22. The lowest BCUT2D eigenvalue weighted by Crippen LogP contribution is -2.26. The number of sulfonamides is 1. The molecule has 0 unspecified atom stereocenters. The van der Waals surface area contributed by atoms with Crippen molar-refractivity contribution in [3.8, 4) is 0 Å². The van der Waals surface area contributed by atoms with E-state index in [-0.39, 0.29) is 28.5 Å². The first-order valence-electron chi connectivity index (χ1n) is 5.21. The van der Waals surface area contributed by atoms with Crippen LogP contribution in [0.1, 0.15) is 5.56 Å². The van der Waals surface area contributed by atoms with E-state index in [4.69, 9.17) is 5.73 Å². The van der Waals surface area contributed by atoms with E-state index < -0.39 is 21.7 Å². The number of anilines is 1. The second-order valence-electron chi connectivity index (χ2n) is 3.60. The molecule has 0 saturated carbocycles. The molecule has 0 heterocycles. The molecule has 0 aliphatic carbocycles. The first-order valence-corrected chi connectivity index (χ1v) is 7.27. The van der Waals surface area contributed by atoms with Crippen LogP contribution in [0.3, 0.4) is 0 Å². The zero-order valence-electron chi connectivity index (χ0n) is 10.0. The summed E-state index contributed by atoms with van der Waals surface area (Å²) in [6.07, 6.45) is 0. The van der Waals surface area contributed by atoms with Crippen LogP contribution >= 0.6 is 12.2 Å². The molecule has 0 amide bonds. The summed E-state index contributed by atoms with van der Waals surface area (Å²) < 4.78 is 51.5. The van der Waals surface area contributed by atoms with Crippen LogP contribution in [0.5, 0.6) is 0 Å². The highest BCUT2D eigenvalue weighted by Gasteiger charge is 2.15. The van der Waals surface area contributed by atoms with Crippen LogP contribution in [0.2, 0.25) is 0 Å². The topological polar surface area (TPSA) is 84.2 Å². The first-order chi connectivity index (χ1) is 8.78. The lowest BCUT2D eigenvalue weighted by Gasteiger charge is -2.10. The first kappa shape index (κ1) is 15.7. The van der Waals surface area contributed by atoms with Gasteiger partial charge in [-0.15, -0.1) is 0 Å². The summed E-state index contributed by atoms with van der Waals surface area (Å²) in [7, 11) is -2.13. The Labute approximate surface area is 115 Å². The molecular weight excluding hydrogens is 296 g/mol. The van der Waals surface area contributed by atoms with E-state index in [1.54, 1.807) is 0 Å². The van der Waals surface area contributed by atoms with Crippen LogP contribution in [0.25, 0.3) is 0 Å². The van der Waals surface area contributed by atoms with Gasteiger partial charge in [-0.05, 0) is 19.2 Å². The van der Waals surface area contributed by atoms with Crippen molar-refractivity contribution in [2.45, 2.75) is 0 Å². The van der Waals surface area contributed by atoms with E-state index in [1.165, 1.54) is 19.2 Å². The van der Waals surface area contributed by atoms with Crippen molar-refractivity contribution in [1.29, 1.82) is 0 Å². The Hall–Kier alpha value is -1.32. The van der Waals surface area contributed by atoms with Gasteiger partial charge in [0.05, 0.1) is 11.4 Å². The Morgan fingerprint density at radius 3 is 2.53 bits per heavy atom. The minimum atomic E-state index is -3.40. The standard InChI is InChI=1S/C10H13F2N3O2S2/c1-14-19(16,17)5-4-15-7-3-2-6(10(13)18)8(11)9(7)12/h2-3,14-15H,4-5H2,1H3,(H2,13,18). The Kier molecular flexibility index (Phi) is 5.15. The fourth-order valence-corrected chi connectivity index (χ4v) is 2.03. The number of rotatable bonds is 6. The smallest absolute Gasteiger partial charge is 0.213 e. The molecule has 0 fully saturated rings. The molecule has 0 atom stereocenters. The van der Waals surface area contributed by atoms with Gasteiger partial charge in [-0.25, -0.2) is 21.9 Å². The molecule has 1 aromatic rings. The molecule has 1 aromatic carbocycles. The summed E-state index contributed by atoms with van der Waals surface area (Å²) in [6, 6.07) is 2.48. The molecule has 0 saturated heterocycles. The van der Waals surface area contributed by atoms with Crippen LogP contribution in [0.4, 0.5) is 14.5 Å². The van der Waals surface area contributed by atoms with E-state index in [0.717, 1.165) is 0 Å². The number of nitrogens with one attached hydrogen (secondary N) is 2. The minimum Gasteiger partial charge on any atom is -0.389 e. The van der Waals surface area contributed by atoms with Crippen LogP contribution in [0, 0.1) is 11.6 Å². The summed E-state index contributed by atoms with van der Waals surface area (Å²) in [4.78, 5) is -0.249. The predicted octanol–water partition coefficient (Wildman–Crippen LogP) is 0.560. The molecule has 9 heteroatoms. The summed E-state index contributed by atoms with van der Waals surface area (Å²) in [5.74, 6) is -2.57. The van der Waals surface area contributed by atoms with E-state index in [9.17, 15) is 17.2 Å². The van der Waals surface area contributed by atoms with E-state index in [2.05, 4.69) is 22.3 Å². The van der Waals surface area contributed by atoms with Gasteiger partial charge in [0.25, 0.3) is 0 Å². The maximum absolute atomic E-state index is 13.6. The van der Waals surface area contributed by atoms with Crippen molar-refractivity contribution < 1.29 is 17.2 Å². The van der Waals surface area contributed by atoms with Crippen molar-refractivity contribution in [2.75, 3.05) is 24.7 Å². The van der Waals surface area contributed by atoms with Gasteiger partial charge in [0, 0.05) is 12.1 Å². The van der Waals surface area contributed by atoms with Crippen molar-refractivity contribution >= 4 is 32.9 Å². The zero-order valence-corrected chi connectivity index (χ0v) is 11.7. The van der Waals surface area contributed by atoms with E-state index in [1.807, 2.05) is 0 Å². The number of hydrogen-bond acceptors (Lipinski definition) is 4. The van der Waals surface area contributed by atoms with Gasteiger partial charge < -0.3 is 11.1 Å². The number of halogens is 2. The van der Waals surface area contributed by atoms with Crippen LogP contribution in [0.15, 0.2) is 12.1 Å². The van der Waals surface area contributed by atoms with Gasteiger partial charge in [0.15, 0.2) is 11.6 Å². The lowest BCUT2D eigenvalue weighted by molar-refractivity contribution is 0.509. The third kappa shape index (κ3) is 4.08. The maximum atomic E-state index is 13.6. The number of hydrogen-bond donors (Lipinski definition) is 3. The Morgan fingerprint density at radius 1 is 1.37 bits per heavy atom. The summed E-state index contributed by atoms with van der Waals surface area (Å²) >= 11 is 4.57. The fourth-order valence-electron chi connectivity index (χ4n) is 1.30. The quantitative estimate of drug-likeness (QED) is 0.669. The molecule has 0 aliphatic heterocycles. The highest BCUT2D eigenvalue weighted by Crippen LogP contribution is 2.20. The molecule has 0 aromatic heterocycles.